The molecule has 0 aliphatic carbocycles. The standard InChI is InChI=1S/C10H9F4NO3/c1-2-17-9(16)15-7-5-6(11)3-4-8(7)18-10(12,13)14/h3-5H,2H2,1H3,(H,15,16). The molecule has 0 bridgehead atoms. The van der Waals surface area contributed by atoms with E-state index < -0.39 is 29.7 Å². The Balaban J connectivity index is 2.93. The van der Waals surface area contributed by atoms with Crippen molar-refractivity contribution >= 4 is 11.8 Å². The van der Waals surface area contributed by atoms with Gasteiger partial charge >= 0.3 is 12.5 Å². The third-order valence-corrected chi connectivity index (χ3v) is 1.68. The molecule has 18 heavy (non-hydrogen) atoms. The van der Waals surface area contributed by atoms with Crippen molar-refractivity contribution < 1.29 is 31.8 Å². The lowest BCUT2D eigenvalue weighted by molar-refractivity contribution is -0.274. The summed E-state index contributed by atoms with van der Waals surface area (Å²) in [6.45, 7) is 1.54. The summed E-state index contributed by atoms with van der Waals surface area (Å²) in [5.74, 6) is -1.55. The minimum absolute atomic E-state index is 0.0244. The van der Waals surface area contributed by atoms with Gasteiger partial charge in [0.25, 0.3) is 0 Å². The van der Waals surface area contributed by atoms with E-state index in [0.29, 0.717) is 6.07 Å². The summed E-state index contributed by atoms with van der Waals surface area (Å²) in [7, 11) is 0. The van der Waals surface area contributed by atoms with E-state index in [0.717, 1.165) is 12.1 Å². The lowest BCUT2D eigenvalue weighted by atomic mass is 10.3. The number of alkyl halides is 3. The number of carbonyl (C=O) groups is 1. The van der Waals surface area contributed by atoms with Crippen LogP contribution in [0.2, 0.25) is 0 Å². The van der Waals surface area contributed by atoms with E-state index in [2.05, 4.69) is 9.47 Å². The molecule has 100 valence electrons. The number of amides is 1. The summed E-state index contributed by atoms with van der Waals surface area (Å²) in [5.41, 5.74) is -0.467. The minimum Gasteiger partial charge on any atom is -0.450 e. The van der Waals surface area contributed by atoms with Gasteiger partial charge in [-0.25, -0.2) is 9.18 Å². The summed E-state index contributed by atoms with van der Waals surface area (Å²) in [6.07, 6.45) is -5.95. The first-order valence-electron chi connectivity index (χ1n) is 4.81. The fourth-order valence-corrected chi connectivity index (χ4v) is 1.09. The number of halogens is 4. The highest BCUT2D eigenvalue weighted by molar-refractivity contribution is 5.86. The molecule has 0 saturated carbocycles. The molecule has 1 rings (SSSR count). The monoisotopic (exact) mass is 267 g/mol. The number of hydrogen-bond donors (Lipinski definition) is 1. The Morgan fingerprint density at radius 1 is 1.39 bits per heavy atom. The van der Waals surface area contributed by atoms with Gasteiger partial charge in [-0.15, -0.1) is 13.2 Å². The van der Waals surface area contributed by atoms with Gasteiger partial charge in [0.1, 0.15) is 5.82 Å². The number of anilines is 1. The molecule has 1 aromatic rings. The summed E-state index contributed by atoms with van der Waals surface area (Å²) in [4.78, 5) is 11.0. The first-order valence-corrected chi connectivity index (χ1v) is 4.81. The summed E-state index contributed by atoms with van der Waals surface area (Å²) in [6, 6.07) is 2.22. The summed E-state index contributed by atoms with van der Waals surface area (Å²) >= 11 is 0. The molecule has 8 heteroatoms. The Bertz CT molecular complexity index is 434. The zero-order chi connectivity index (χ0) is 13.8. The molecule has 0 spiro atoms. The van der Waals surface area contributed by atoms with Crippen molar-refractivity contribution in [2.75, 3.05) is 11.9 Å². The summed E-state index contributed by atoms with van der Waals surface area (Å²) < 4.78 is 57.1. The number of rotatable bonds is 3. The van der Waals surface area contributed by atoms with Crippen LogP contribution in [0.4, 0.5) is 28.0 Å². The van der Waals surface area contributed by atoms with Crippen LogP contribution >= 0.6 is 0 Å². The molecule has 0 radical (unpaired) electrons. The first-order chi connectivity index (χ1) is 8.31. The van der Waals surface area contributed by atoms with Gasteiger partial charge in [0.2, 0.25) is 0 Å². The van der Waals surface area contributed by atoms with Gasteiger partial charge < -0.3 is 9.47 Å². The van der Waals surface area contributed by atoms with E-state index >= 15 is 0 Å². The molecule has 1 aromatic carbocycles. The number of hydrogen-bond acceptors (Lipinski definition) is 3. The molecule has 0 heterocycles. The van der Waals surface area contributed by atoms with Crippen LogP contribution in [0.1, 0.15) is 6.92 Å². The molecule has 0 fully saturated rings. The highest BCUT2D eigenvalue weighted by atomic mass is 19.4. The minimum atomic E-state index is -4.94. The van der Waals surface area contributed by atoms with Crippen molar-refractivity contribution in [1.82, 2.24) is 0 Å². The highest BCUT2D eigenvalue weighted by Crippen LogP contribution is 2.30. The predicted octanol–water partition coefficient (Wildman–Crippen LogP) is 3.29. The van der Waals surface area contributed by atoms with Crippen LogP contribution in [0.3, 0.4) is 0 Å². The molecular formula is C10H9F4NO3. The third kappa shape index (κ3) is 4.48. The van der Waals surface area contributed by atoms with Crippen molar-refractivity contribution in [2.45, 2.75) is 13.3 Å². The van der Waals surface area contributed by atoms with E-state index in [1.807, 2.05) is 5.32 Å². The van der Waals surface area contributed by atoms with E-state index in [-0.39, 0.29) is 6.61 Å². The van der Waals surface area contributed by atoms with Crippen LogP contribution in [-0.2, 0) is 4.74 Å². The quantitative estimate of drug-likeness (QED) is 0.855. The van der Waals surface area contributed by atoms with Gasteiger partial charge in [-0.1, -0.05) is 0 Å². The largest absolute Gasteiger partial charge is 0.573 e. The van der Waals surface area contributed by atoms with Crippen molar-refractivity contribution in [3.8, 4) is 5.75 Å². The highest BCUT2D eigenvalue weighted by Gasteiger charge is 2.32. The van der Waals surface area contributed by atoms with Crippen LogP contribution in [0.15, 0.2) is 18.2 Å². The Hall–Kier alpha value is -1.99. The molecular weight excluding hydrogens is 258 g/mol. The lowest BCUT2D eigenvalue weighted by Crippen LogP contribution is -2.20. The van der Waals surface area contributed by atoms with Gasteiger partial charge in [-0.3, -0.25) is 5.32 Å². The zero-order valence-electron chi connectivity index (χ0n) is 9.18. The fourth-order valence-electron chi connectivity index (χ4n) is 1.09. The van der Waals surface area contributed by atoms with E-state index in [4.69, 9.17) is 0 Å². The van der Waals surface area contributed by atoms with Gasteiger partial charge in [-0.2, -0.15) is 0 Å². The Kier molecular flexibility index (Phi) is 4.35. The second kappa shape index (κ2) is 5.56. The molecule has 1 amide bonds. The van der Waals surface area contributed by atoms with E-state index in [9.17, 15) is 22.4 Å². The van der Waals surface area contributed by atoms with Crippen molar-refractivity contribution in [1.29, 1.82) is 0 Å². The molecule has 0 saturated heterocycles. The Morgan fingerprint density at radius 3 is 2.61 bits per heavy atom. The molecule has 0 atom stereocenters. The average Bonchev–Trinajstić information content (AvgIpc) is 2.20. The number of carbonyl (C=O) groups excluding carboxylic acids is 1. The molecule has 0 aliphatic heterocycles. The maximum absolute atomic E-state index is 12.9. The normalized spacial score (nSPS) is 10.9. The van der Waals surface area contributed by atoms with Crippen molar-refractivity contribution in [2.24, 2.45) is 0 Å². The van der Waals surface area contributed by atoms with Gasteiger partial charge in [-0.05, 0) is 19.1 Å². The van der Waals surface area contributed by atoms with Gasteiger partial charge in [0, 0.05) is 6.07 Å². The number of nitrogens with one attached hydrogen (secondary N) is 1. The second-order valence-electron chi connectivity index (χ2n) is 3.03. The van der Waals surface area contributed by atoms with E-state index in [1.165, 1.54) is 6.92 Å². The van der Waals surface area contributed by atoms with Crippen LogP contribution in [0.25, 0.3) is 0 Å². The summed E-state index contributed by atoms with van der Waals surface area (Å²) in [5, 5.41) is 1.95. The molecule has 1 N–H and O–H groups in total. The van der Waals surface area contributed by atoms with Crippen molar-refractivity contribution in [3.05, 3.63) is 24.0 Å². The van der Waals surface area contributed by atoms with Crippen LogP contribution in [0, 0.1) is 5.82 Å². The lowest BCUT2D eigenvalue weighted by Gasteiger charge is -2.13. The third-order valence-electron chi connectivity index (χ3n) is 1.68. The molecule has 0 unspecified atom stereocenters. The maximum Gasteiger partial charge on any atom is 0.573 e. The smallest absolute Gasteiger partial charge is 0.450 e. The molecule has 0 aliphatic rings. The number of benzene rings is 1. The topological polar surface area (TPSA) is 47.6 Å². The SMILES string of the molecule is CCOC(=O)Nc1cc(F)ccc1OC(F)(F)F. The zero-order valence-corrected chi connectivity index (χ0v) is 9.18. The Morgan fingerprint density at radius 2 is 2.06 bits per heavy atom. The number of ether oxygens (including phenoxy) is 2. The van der Waals surface area contributed by atoms with Crippen molar-refractivity contribution in [3.63, 3.8) is 0 Å². The average molecular weight is 267 g/mol. The molecule has 4 nitrogen and oxygen atoms in total. The predicted molar refractivity (Wildman–Crippen MR) is 53.7 cm³/mol. The van der Waals surface area contributed by atoms with Crippen LogP contribution < -0.4 is 10.1 Å². The Labute approximate surface area is 99.5 Å². The maximum atomic E-state index is 12.9. The van der Waals surface area contributed by atoms with Crippen LogP contribution in [-0.4, -0.2) is 19.1 Å². The first kappa shape index (κ1) is 14.1. The fraction of sp³-hybridized carbons (Fsp3) is 0.300. The van der Waals surface area contributed by atoms with E-state index in [1.54, 1.807) is 0 Å². The van der Waals surface area contributed by atoms with Crippen LogP contribution in [0.5, 0.6) is 5.75 Å². The second-order valence-corrected chi connectivity index (χ2v) is 3.03. The molecule has 0 aromatic heterocycles. The van der Waals surface area contributed by atoms with Gasteiger partial charge in [0.15, 0.2) is 5.75 Å². The van der Waals surface area contributed by atoms with Gasteiger partial charge in [0.05, 0.1) is 12.3 Å².